The highest BCUT2D eigenvalue weighted by atomic mass is 32.1. The number of aromatic nitrogens is 1. The lowest BCUT2D eigenvalue weighted by molar-refractivity contribution is 0.0953. The smallest absolute Gasteiger partial charge is 0.264 e. The summed E-state index contributed by atoms with van der Waals surface area (Å²) >= 11 is 3.09. The Labute approximate surface area is 164 Å². The monoisotopic (exact) mass is 395 g/mol. The number of amides is 1. The average Bonchev–Trinajstić information content (AvgIpc) is 3.42. The number of hydrogen-bond donors (Lipinski definition) is 1. The number of nitrogens with zero attached hydrogens (tertiary/aromatic N) is 2. The van der Waals surface area contributed by atoms with Crippen molar-refractivity contribution in [3.8, 4) is 0 Å². The summed E-state index contributed by atoms with van der Waals surface area (Å²) in [7, 11) is 0. The van der Waals surface area contributed by atoms with Gasteiger partial charge in [-0.25, -0.2) is 4.98 Å². The van der Waals surface area contributed by atoms with Gasteiger partial charge in [0.25, 0.3) is 5.91 Å². The number of anilines is 2. The molecule has 0 radical (unpaired) electrons. The van der Waals surface area contributed by atoms with Crippen LogP contribution in [0.3, 0.4) is 0 Å². The number of fused-ring (bicyclic) bond motifs is 2. The van der Waals surface area contributed by atoms with Gasteiger partial charge in [-0.3, -0.25) is 4.79 Å². The van der Waals surface area contributed by atoms with Gasteiger partial charge in [-0.15, -0.1) is 11.3 Å². The molecule has 136 valence electrons. The van der Waals surface area contributed by atoms with E-state index in [1.54, 1.807) is 17.6 Å². The molecule has 5 rings (SSSR count). The van der Waals surface area contributed by atoms with Crippen LogP contribution in [-0.2, 0) is 13.0 Å². The topological polar surface area (TPSA) is 58.4 Å². The minimum Gasteiger partial charge on any atom is -0.467 e. The fraction of sp³-hybridized carbons (Fsp3) is 0.200. The van der Waals surface area contributed by atoms with Crippen LogP contribution >= 0.6 is 22.7 Å². The van der Waals surface area contributed by atoms with Gasteiger partial charge in [0.05, 0.1) is 17.5 Å². The Morgan fingerprint density at radius 1 is 1.26 bits per heavy atom. The molecule has 0 aliphatic carbocycles. The molecule has 1 aliphatic heterocycles. The molecule has 7 heteroatoms. The number of carbonyl (C=O) groups is 1. The Morgan fingerprint density at radius 2 is 2.19 bits per heavy atom. The molecular formula is C20H17N3O2S2. The zero-order chi connectivity index (χ0) is 18.2. The van der Waals surface area contributed by atoms with Gasteiger partial charge in [-0.2, -0.15) is 0 Å². The third kappa shape index (κ3) is 3.02. The van der Waals surface area contributed by atoms with Crippen LogP contribution in [-0.4, -0.2) is 17.4 Å². The Kier molecular flexibility index (Phi) is 4.18. The number of thiophene rings is 1. The summed E-state index contributed by atoms with van der Waals surface area (Å²) in [4.78, 5) is 20.4. The molecule has 1 amide bonds. The van der Waals surface area contributed by atoms with Gasteiger partial charge in [-0.1, -0.05) is 29.5 Å². The van der Waals surface area contributed by atoms with Gasteiger partial charge in [-0.05, 0) is 36.6 Å². The number of benzene rings is 1. The van der Waals surface area contributed by atoms with Crippen molar-refractivity contribution in [3.05, 3.63) is 64.2 Å². The number of rotatable bonds is 4. The summed E-state index contributed by atoms with van der Waals surface area (Å²) in [5.74, 6) is 0.627. The van der Waals surface area contributed by atoms with Gasteiger partial charge >= 0.3 is 0 Å². The van der Waals surface area contributed by atoms with E-state index in [1.807, 2.05) is 17.5 Å². The maximum absolute atomic E-state index is 12.6. The molecule has 3 aromatic heterocycles. The first-order valence-corrected chi connectivity index (χ1v) is 10.5. The van der Waals surface area contributed by atoms with Gasteiger partial charge in [0.15, 0.2) is 5.13 Å². The number of hydrogen-bond acceptors (Lipinski definition) is 6. The van der Waals surface area contributed by atoms with Crippen molar-refractivity contribution in [2.24, 2.45) is 0 Å². The highest BCUT2D eigenvalue weighted by molar-refractivity contribution is 7.26. The normalized spacial score (nSPS) is 13.7. The van der Waals surface area contributed by atoms with E-state index in [4.69, 9.17) is 9.40 Å². The molecule has 0 spiro atoms. The second-order valence-corrected chi connectivity index (χ2v) is 8.31. The second kappa shape index (κ2) is 6.83. The second-order valence-electron chi connectivity index (χ2n) is 6.42. The number of aryl methyl sites for hydroxylation is 1. The summed E-state index contributed by atoms with van der Waals surface area (Å²) in [6.07, 6.45) is 3.82. The zero-order valence-corrected chi connectivity index (χ0v) is 16.1. The summed E-state index contributed by atoms with van der Waals surface area (Å²) in [6.45, 7) is 1.33. The third-order valence-electron chi connectivity index (χ3n) is 4.69. The first kappa shape index (κ1) is 16.5. The fourth-order valence-electron chi connectivity index (χ4n) is 3.40. The maximum atomic E-state index is 12.6. The molecule has 0 unspecified atom stereocenters. The Balaban J connectivity index is 1.43. The number of furan rings is 1. The van der Waals surface area contributed by atoms with E-state index in [9.17, 15) is 4.79 Å². The fourth-order valence-corrected chi connectivity index (χ4v) is 5.46. The lowest BCUT2D eigenvalue weighted by atomic mass is 10.0. The molecule has 27 heavy (non-hydrogen) atoms. The minimum atomic E-state index is -0.109. The zero-order valence-electron chi connectivity index (χ0n) is 14.5. The Morgan fingerprint density at radius 3 is 3.07 bits per heavy atom. The highest BCUT2D eigenvalue weighted by Crippen LogP contribution is 2.40. The van der Waals surface area contributed by atoms with E-state index in [0.29, 0.717) is 11.4 Å². The standard InChI is InChI=1S/C20H17N3O2S2/c24-19(21-11-14-7-4-10-25-14)18-17-16(12-26-18)27-20(22-17)23-9-3-6-13-5-1-2-8-15(13)23/h1-2,4-5,7-8,10,12H,3,6,9,11H2,(H,21,24). The van der Waals surface area contributed by atoms with Gasteiger partial charge in [0.1, 0.15) is 16.2 Å². The number of thiazole rings is 1. The van der Waals surface area contributed by atoms with Crippen LogP contribution in [0.4, 0.5) is 10.8 Å². The predicted molar refractivity (Wildman–Crippen MR) is 109 cm³/mol. The van der Waals surface area contributed by atoms with E-state index in [-0.39, 0.29) is 5.91 Å². The van der Waals surface area contributed by atoms with Crippen LogP contribution in [0.25, 0.3) is 10.2 Å². The average molecular weight is 396 g/mol. The van der Waals surface area contributed by atoms with Crippen molar-refractivity contribution in [2.75, 3.05) is 11.4 Å². The van der Waals surface area contributed by atoms with Crippen molar-refractivity contribution in [2.45, 2.75) is 19.4 Å². The van der Waals surface area contributed by atoms with Crippen molar-refractivity contribution in [3.63, 3.8) is 0 Å². The SMILES string of the molecule is O=C(NCc1ccco1)c1scc2sc(N3CCCc4ccccc43)nc12. The van der Waals surface area contributed by atoms with Crippen molar-refractivity contribution < 1.29 is 9.21 Å². The number of para-hydroxylation sites is 1. The van der Waals surface area contributed by atoms with E-state index in [0.717, 1.165) is 40.5 Å². The van der Waals surface area contributed by atoms with Crippen molar-refractivity contribution >= 4 is 49.6 Å². The summed E-state index contributed by atoms with van der Waals surface area (Å²) in [5.41, 5.74) is 3.38. The van der Waals surface area contributed by atoms with Gasteiger partial charge in [0, 0.05) is 17.6 Å². The van der Waals surface area contributed by atoms with Crippen LogP contribution in [0, 0.1) is 0 Å². The van der Waals surface area contributed by atoms with Crippen LogP contribution in [0.2, 0.25) is 0 Å². The molecule has 5 nitrogen and oxygen atoms in total. The van der Waals surface area contributed by atoms with Crippen LogP contribution in [0.15, 0.2) is 52.5 Å². The highest BCUT2D eigenvalue weighted by Gasteiger charge is 2.23. The minimum absolute atomic E-state index is 0.109. The van der Waals surface area contributed by atoms with E-state index in [2.05, 4.69) is 34.5 Å². The maximum Gasteiger partial charge on any atom is 0.264 e. The first-order valence-electron chi connectivity index (χ1n) is 8.83. The van der Waals surface area contributed by atoms with Gasteiger partial charge < -0.3 is 14.6 Å². The molecule has 0 saturated carbocycles. The van der Waals surface area contributed by atoms with E-state index < -0.39 is 0 Å². The molecule has 1 aliphatic rings. The Bertz CT molecular complexity index is 1100. The predicted octanol–water partition coefficient (Wildman–Crippen LogP) is 4.97. The quantitative estimate of drug-likeness (QED) is 0.530. The van der Waals surface area contributed by atoms with Crippen molar-refractivity contribution in [1.29, 1.82) is 0 Å². The van der Waals surface area contributed by atoms with E-state index >= 15 is 0 Å². The lowest BCUT2D eigenvalue weighted by Gasteiger charge is -2.28. The van der Waals surface area contributed by atoms with E-state index in [1.165, 1.54) is 22.6 Å². The molecule has 1 N–H and O–H groups in total. The van der Waals surface area contributed by atoms with Crippen LogP contribution in [0.1, 0.15) is 27.4 Å². The molecule has 0 fully saturated rings. The summed E-state index contributed by atoms with van der Waals surface area (Å²) in [6, 6.07) is 12.2. The molecule has 0 atom stereocenters. The molecule has 0 saturated heterocycles. The molecule has 4 aromatic rings. The number of carbonyl (C=O) groups excluding carboxylic acids is 1. The van der Waals surface area contributed by atoms with Crippen molar-refractivity contribution in [1.82, 2.24) is 10.3 Å². The number of nitrogens with one attached hydrogen (secondary N) is 1. The van der Waals surface area contributed by atoms with Crippen LogP contribution in [0.5, 0.6) is 0 Å². The lowest BCUT2D eigenvalue weighted by Crippen LogP contribution is -2.24. The largest absolute Gasteiger partial charge is 0.467 e. The van der Waals surface area contributed by atoms with Gasteiger partial charge in [0.2, 0.25) is 0 Å². The summed E-state index contributed by atoms with van der Waals surface area (Å²) in [5, 5.41) is 5.89. The first-order chi connectivity index (χ1) is 13.3. The third-order valence-corrected chi connectivity index (χ3v) is 6.83. The summed E-state index contributed by atoms with van der Waals surface area (Å²) < 4.78 is 6.33. The molecule has 4 heterocycles. The van der Waals surface area contributed by atoms with Crippen LogP contribution < -0.4 is 10.2 Å². The molecular weight excluding hydrogens is 378 g/mol. The molecule has 1 aromatic carbocycles. The Hall–Kier alpha value is -2.64. The molecule has 0 bridgehead atoms.